The molecule has 0 aliphatic heterocycles. The van der Waals surface area contributed by atoms with Gasteiger partial charge in [0.2, 0.25) is 0 Å². The van der Waals surface area contributed by atoms with Gasteiger partial charge in [-0.1, -0.05) is 30.7 Å². The normalized spacial score (nSPS) is 10.6. The van der Waals surface area contributed by atoms with Gasteiger partial charge in [0.15, 0.2) is 5.69 Å². The van der Waals surface area contributed by atoms with Crippen LogP contribution in [0.1, 0.15) is 35.9 Å². The van der Waals surface area contributed by atoms with E-state index in [4.69, 9.17) is 0 Å². The van der Waals surface area contributed by atoms with Gasteiger partial charge in [-0.25, -0.2) is 9.07 Å². The van der Waals surface area contributed by atoms with Crippen LogP contribution < -0.4 is 5.32 Å². The molecule has 6 heteroatoms. The lowest BCUT2D eigenvalue weighted by molar-refractivity contribution is 0.0947. The molecule has 0 aliphatic carbocycles. The fourth-order valence-electron chi connectivity index (χ4n) is 1.85. The molecular formula is C14H17FN4O. The van der Waals surface area contributed by atoms with Crippen molar-refractivity contribution in [1.29, 1.82) is 0 Å². The zero-order chi connectivity index (χ0) is 14.5. The summed E-state index contributed by atoms with van der Waals surface area (Å²) in [7, 11) is 0. The summed E-state index contributed by atoms with van der Waals surface area (Å²) < 4.78 is 15.1. The fraction of sp³-hybridized carbons (Fsp3) is 0.357. The summed E-state index contributed by atoms with van der Waals surface area (Å²) in [4.78, 5) is 11.9. The van der Waals surface area contributed by atoms with Crippen LogP contribution in [-0.2, 0) is 0 Å². The maximum atomic E-state index is 13.7. The first-order chi connectivity index (χ1) is 9.65. The fourth-order valence-corrected chi connectivity index (χ4v) is 1.85. The number of carbonyl (C=O) groups excluding carboxylic acids is 1. The second-order valence-electron chi connectivity index (χ2n) is 4.50. The third-order valence-corrected chi connectivity index (χ3v) is 3.01. The van der Waals surface area contributed by atoms with Crippen molar-refractivity contribution < 1.29 is 9.18 Å². The summed E-state index contributed by atoms with van der Waals surface area (Å²) in [5, 5.41) is 10.5. The highest BCUT2D eigenvalue weighted by Crippen LogP contribution is 2.15. The lowest BCUT2D eigenvalue weighted by Gasteiger charge is -2.05. The molecular weight excluding hydrogens is 259 g/mol. The van der Waals surface area contributed by atoms with E-state index >= 15 is 0 Å². The molecule has 1 heterocycles. The predicted molar refractivity (Wildman–Crippen MR) is 73.3 cm³/mol. The summed E-state index contributed by atoms with van der Waals surface area (Å²) >= 11 is 0. The quantitative estimate of drug-likeness (QED) is 0.852. The summed E-state index contributed by atoms with van der Waals surface area (Å²) in [5.41, 5.74) is 1.03. The third-order valence-electron chi connectivity index (χ3n) is 3.01. The van der Waals surface area contributed by atoms with Crippen molar-refractivity contribution in [2.75, 3.05) is 6.54 Å². The van der Waals surface area contributed by atoms with E-state index in [9.17, 15) is 9.18 Å². The van der Waals surface area contributed by atoms with Crippen LogP contribution in [0.25, 0.3) is 5.69 Å². The van der Waals surface area contributed by atoms with Crippen LogP contribution in [0.5, 0.6) is 0 Å². The zero-order valence-electron chi connectivity index (χ0n) is 11.6. The number of halogens is 1. The smallest absolute Gasteiger partial charge is 0.273 e. The number of hydrogen-bond donors (Lipinski definition) is 1. The van der Waals surface area contributed by atoms with Crippen molar-refractivity contribution in [2.45, 2.75) is 26.7 Å². The van der Waals surface area contributed by atoms with Gasteiger partial charge in [-0.15, -0.1) is 5.10 Å². The van der Waals surface area contributed by atoms with Gasteiger partial charge in [-0.2, -0.15) is 0 Å². The van der Waals surface area contributed by atoms with E-state index in [0.717, 1.165) is 12.8 Å². The van der Waals surface area contributed by atoms with E-state index in [0.29, 0.717) is 12.2 Å². The molecule has 2 aromatic rings. The molecule has 1 amide bonds. The summed E-state index contributed by atoms with van der Waals surface area (Å²) in [6.07, 6.45) is 1.91. The zero-order valence-corrected chi connectivity index (χ0v) is 11.6. The van der Waals surface area contributed by atoms with Crippen molar-refractivity contribution in [3.8, 4) is 5.69 Å². The van der Waals surface area contributed by atoms with Crippen LogP contribution in [0.4, 0.5) is 4.39 Å². The molecule has 5 nitrogen and oxygen atoms in total. The second-order valence-corrected chi connectivity index (χ2v) is 4.50. The Morgan fingerprint density at radius 3 is 2.85 bits per heavy atom. The van der Waals surface area contributed by atoms with Crippen molar-refractivity contribution in [2.24, 2.45) is 0 Å². The maximum Gasteiger partial charge on any atom is 0.273 e. The molecule has 0 spiro atoms. The van der Waals surface area contributed by atoms with E-state index in [1.54, 1.807) is 25.1 Å². The Labute approximate surface area is 116 Å². The highest BCUT2D eigenvalue weighted by Gasteiger charge is 2.18. The number of para-hydroxylation sites is 1. The first-order valence-corrected chi connectivity index (χ1v) is 6.60. The average Bonchev–Trinajstić information content (AvgIpc) is 2.81. The lowest BCUT2D eigenvalue weighted by atomic mass is 10.2. The Balaban J connectivity index is 2.23. The molecule has 1 N–H and O–H groups in total. The molecule has 20 heavy (non-hydrogen) atoms. The minimum Gasteiger partial charge on any atom is -0.351 e. The van der Waals surface area contributed by atoms with Gasteiger partial charge in [-0.05, 0) is 25.5 Å². The maximum absolute atomic E-state index is 13.7. The van der Waals surface area contributed by atoms with Crippen LogP contribution in [-0.4, -0.2) is 27.4 Å². The minimum absolute atomic E-state index is 0.226. The standard InChI is InChI=1S/C14H17FN4O/c1-3-4-9-16-14(20)13-10(2)19(18-17-13)12-8-6-5-7-11(12)15/h5-8H,3-4,9H2,1-2H3,(H,16,20). The number of hydrogen-bond acceptors (Lipinski definition) is 3. The van der Waals surface area contributed by atoms with E-state index < -0.39 is 5.82 Å². The molecule has 1 aromatic heterocycles. The number of nitrogens with one attached hydrogen (secondary N) is 1. The van der Waals surface area contributed by atoms with Crippen molar-refractivity contribution in [3.05, 3.63) is 41.5 Å². The monoisotopic (exact) mass is 276 g/mol. The molecule has 2 rings (SSSR count). The molecule has 0 unspecified atom stereocenters. The number of aromatic nitrogens is 3. The molecule has 106 valence electrons. The van der Waals surface area contributed by atoms with E-state index in [-0.39, 0.29) is 17.3 Å². The van der Waals surface area contributed by atoms with E-state index in [1.807, 2.05) is 6.92 Å². The van der Waals surface area contributed by atoms with Gasteiger partial charge >= 0.3 is 0 Å². The van der Waals surface area contributed by atoms with Crippen LogP contribution >= 0.6 is 0 Å². The summed E-state index contributed by atoms with van der Waals surface area (Å²) in [6.45, 7) is 4.34. The third kappa shape index (κ3) is 2.84. The Morgan fingerprint density at radius 2 is 2.15 bits per heavy atom. The first kappa shape index (κ1) is 14.2. The van der Waals surface area contributed by atoms with Crippen molar-refractivity contribution in [1.82, 2.24) is 20.3 Å². The molecule has 0 fully saturated rings. The highest BCUT2D eigenvalue weighted by molar-refractivity contribution is 5.93. The number of carbonyl (C=O) groups is 1. The number of rotatable bonds is 5. The Morgan fingerprint density at radius 1 is 1.40 bits per heavy atom. The SMILES string of the molecule is CCCCNC(=O)c1nnn(-c2ccccc2F)c1C. The number of benzene rings is 1. The van der Waals surface area contributed by atoms with Gasteiger partial charge in [0.25, 0.3) is 5.91 Å². The molecule has 0 saturated heterocycles. The second kappa shape index (κ2) is 6.27. The van der Waals surface area contributed by atoms with Crippen LogP contribution in [0.3, 0.4) is 0 Å². The largest absolute Gasteiger partial charge is 0.351 e. The molecule has 0 saturated carbocycles. The number of amides is 1. The van der Waals surface area contributed by atoms with Gasteiger partial charge in [0, 0.05) is 6.54 Å². The van der Waals surface area contributed by atoms with Crippen molar-refractivity contribution in [3.63, 3.8) is 0 Å². The first-order valence-electron chi connectivity index (χ1n) is 6.60. The number of nitrogens with zero attached hydrogens (tertiary/aromatic N) is 3. The average molecular weight is 276 g/mol. The summed E-state index contributed by atoms with van der Waals surface area (Å²) in [5.74, 6) is -0.683. The molecule has 1 aromatic carbocycles. The van der Waals surface area contributed by atoms with Crippen LogP contribution in [0, 0.1) is 12.7 Å². The lowest BCUT2D eigenvalue weighted by Crippen LogP contribution is -2.25. The van der Waals surface area contributed by atoms with E-state index in [1.165, 1.54) is 10.7 Å². The minimum atomic E-state index is -0.404. The van der Waals surface area contributed by atoms with E-state index in [2.05, 4.69) is 15.6 Å². The predicted octanol–water partition coefficient (Wildman–Crippen LogP) is 2.24. The van der Waals surface area contributed by atoms with Gasteiger partial charge in [0.1, 0.15) is 11.5 Å². The topological polar surface area (TPSA) is 59.8 Å². The Bertz CT molecular complexity index is 609. The summed E-state index contributed by atoms with van der Waals surface area (Å²) in [6, 6.07) is 6.25. The number of unbranched alkanes of at least 4 members (excludes halogenated alkanes) is 1. The highest BCUT2D eigenvalue weighted by atomic mass is 19.1. The van der Waals surface area contributed by atoms with Crippen molar-refractivity contribution >= 4 is 5.91 Å². The van der Waals surface area contributed by atoms with Gasteiger partial charge < -0.3 is 5.32 Å². The van der Waals surface area contributed by atoms with Crippen LogP contribution in [0.2, 0.25) is 0 Å². The van der Waals surface area contributed by atoms with Crippen LogP contribution in [0.15, 0.2) is 24.3 Å². The van der Waals surface area contributed by atoms with Gasteiger partial charge in [0.05, 0.1) is 5.69 Å². The Kier molecular flexibility index (Phi) is 4.45. The molecule has 0 bridgehead atoms. The Hall–Kier alpha value is -2.24. The van der Waals surface area contributed by atoms with Gasteiger partial charge in [-0.3, -0.25) is 4.79 Å². The molecule has 0 aliphatic rings. The molecule has 0 atom stereocenters. The molecule has 0 radical (unpaired) electrons.